The van der Waals surface area contributed by atoms with Gasteiger partial charge in [-0.05, 0) is 13.3 Å². The molecule has 1 aliphatic heterocycles. The van der Waals surface area contributed by atoms with Gasteiger partial charge in [0.25, 0.3) is 0 Å². The molecular formula is C15H19N3O4S2. The summed E-state index contributed by atoms with van der Waals surface area (Å²) in [6, 6.07) is 8.96. The number of benzene rings is 1. The van der Waals surface area contributed by atoms with E-state index >= 15 is 0 Å². The van der Waals surface area contributed by atoms with Crippen LogP contribution in [0.15, 0.2) is 30.3 Å². The molecule has 2 aromatic rings. The summed E-state index contributed by atoms with van der Waals surface area (Å²) in [4.78, 5) is 0. The van der Waals surface area contributed by atoms with Crippen molar-refractivity contribution in [2.24, 2.45) is 0 Å². The molecule has 7 nitrogen and oxygen atoms in total. The number of sulfone groups is 1. The summed E-state index contributed by atoms with van der Waals surface area (Å²) >= 11 is 0. The first-order chi connectivity index (χ1) is 11.1. The molecule has 1 unspecified atom stereocenters. The lowest BCUT2D eigenvalue weighted by Crippen LogP contribution is -2.18. The standard InChI is InChI=1S/C15H19N3O4S2/c1-11-3-5-12(6-4-11)14-9-15(17-23(2,19)20)18(16-14)13-7-8-24(21,22)10-13/h3-6,9,13,17H,7-8,10H2,1-2H3. The first kappa shape index (κ1) is 17.0. The lowest BCUT2D eigenvalue weighted by molar-refractivity contribution is 0.507. The zero-order valence-corrected chi connectivity index (χ0v) is 15.1. The van der Waals surface area contributed by atoms with Crippen molar-refractivity contribution in [1.29, 1.82) is 0 Å². The minimum atomic E-state index is -3.49. The molecule has 1 aliphatic rings. The van der Waals surface area contributed by atoms with E-state index in [1.54, 1.807) is 6.07 Å². The van der Waals surface area contributed by atoms with Gasteiger partial charge < -0.3 is 0 Å². The molecule has 0 aliphatic carbocycles. The van der Waals surface area contributed by atoms with Crippen molar-refractivity contribution in [3.05, 3.63) is 35.9 Å². The van der Waals surface area contributed by atoms with Crippen LogP contribution in [0, 0.1) is 6.92 Å². The van der Waals surface area contributed by atoms with Crippen LogP contribution in [0.3, 0.4) is 0 Å². The Morgan fingerprint density at radius 2 is 1.92 bits per heavy atom. The van der Waals surface area contributed by atoms with Gasteiger partial charge in [-0.25, -0.2) is 21.5 Å². The monoisotopic (exact) mass is 369 g/mol. The van der Waals surface area contributed by atoms with E-state index in [2.05, 4.69) is 9.82 Å². The molecule has 0 radical (unpaired) electrons. The van der Waals surface area contributed by atoms with Crippen molar-refractivity contribution in [3.8, 4) is 11.3 Å². The third-order valence-corrected chi connectivity index (χ3v) is 6.26. The highest BCUT2D eigenvalue weighted by atomic mass is 32.2. The minimum absolute atomic E-state index is 0.0273. The summed E-state index contributed by atoms with van der Waals surface area (Å²) in [5.41, 5.74) is 2.55. The molecule has 1 atom stereocenters. The third-order valence-electron chi connectivity index (χ3n) is 3.93. The van der Waals surface area contributed by atoms with Crippen LogP contribution in [0.25, 0.3) is 11.3 Å². The Morgan fingerprint density at radius 1 is 1.25 bits per heavy atom. The van der Waals surface area contributed by atoms with Crippen molar-refractivity contribution in [3.63, 3.8) is 0 Å². The van der Waals surface area contributed by atoms with E-state index in [9.17, 15) is 16.8 Å². The molecule has 1 N–H and O–H groups in total. The minimum Gasteiger partial charge on any atom is -0.268 e. The second kappa shape index (κ2) is 5.89. The summed E-state index contributed by atoms with van der Waals surface area (Å²) in [5, 5.41) is 4.47. The number of hydrogen-bond acceptors (Lipinski definition) is 5. The Balaban J connectivity index is 2.04. The highest BCUT2D eigenvalue weighted by Crippen LogP contribution is 2.30. The second-order valence-corrected chi connectivity index (χ2v) is 10.1. The molecule has 0 amide bonds. The average Bonchev–Trinajstić information content (AvgIpc) is 3.01. The predicted molar refractivity (Wildman–Crippen MR) is 93.2 cm³/mol. The van der Waals surface area contributed by atoms with E-state index in [1.807, 2.05) is 31.2 Å². The fourth-order valence-electron chi connectivity index (χ4n) is 2.77. The molecule has 2 heterocycles. The molecule has 0 saturated carbocycles. The molecule has 1 aromatic carbocycles. The first-order valence-corrected chi connectivity index (χ1v) is 11.2. The number of sulfonamides is 1. The van der Waals surface area contributed by atoms with E-state index in [4.69, 9.17) is 0 Å². The van der Waals surface area contributed by atoms with Crippen LogP contribution in [0.5, 0.6) is 0 Å². The van der Waals surface area contributed by atoms with Gasteiger partial charge in [-0.3, -0.25) is 4.72 Å². The number of hydrogen-bond donors (Lipinski definition) is 1. The Hall–Kier alpha value is -1.87. The number of aryl methyl sites for hydroxylation is 1. The zero-order valence-electron chi connectivity index (χ0n) is 13.4. The van der Waals surface area contributed by atoms with E-state index in [0.29, 0.717) is 12.1 Å². The van der Waals surface area contributed by atoms with Gasteiger partial charge in [-0.2, -0.15) is 5.10 Å². The SMILES string of the molecule is Cc1ccc(-c2cc(NS(C)(=O)=O)n(C3CCS(=O)(=O)C3)n2)cc1. The van der Waals surface area contributed by atoms with Crippen LogP contribution in [-0.2, 0) is 19.9 Å². The van der Waals surface area contributed by atoms with Crippen LogP contribution in [0.1, 0.15) is 18.0 Å². The summed E-state index contributed by atoms with van der Waals surface area (Å²) in [5.74, 6) is 0.353. The number of nitrogens with zero attached hydrogens (tertiary/aromatic N) is 2. The summed E-state index contributed by atoms with van der Waals surface area (Å²) in [7, 11) is -6.60. The van der Waals surface area contributed by atoms with Gasteiger partial charge in [0.1, 0.15) is 5.82 Å². The van der Waals surface area contributed by atoms with Crippen LogP contribution < -0.4 is 4.72 Å². The molecule has 1 fully saturated rings. The molecule has 9 heteroatoms. The molecular weight excluding hydrogens is 350 g/mol. The van der Waals surface area contributed by atoms with Crippen molar-refractivity contribution >= 4 is 25.7 Å². The van der Waals surface area contributed by atoms with Gasteiger partial charge >= 0.3 is 0 Å². The van der Waals surface area contributed by atoms with Crippen LogP contribution >= 0.6 is 0 Å². The quantitative estimate of drug-likeness (QED) is 0.882. The zero-order chi connectivity index (χ0) is 17.5. The third kappa shape index (κ3) is 3.78. The van der Waals surface area contributed by atoms with E-state index < -0.39 is 19.9 Å². The highest BCUT2D eigenvalue weighted by molar-refractivity contribution is 7.92. The Labute approximate surface area is 141 Å². The van der Waals surface area contributed by atoms with E-state index in [0.717, 1.165) is 17.4 Å². The van der Waals surface area contributed by atoms with Gasteiger partial charge in [0.05, 0.1) is 29.5 Å². The van der Waals surface area contributed by atoms with Crippen molar-refractivity contribution in [2.45, 2.75) is 19.4 Å². The Kier molecular flexibility index (Phi) is 4.16. The molecule has 0 spiro atoms. The van der Waals surface area contributed by atoms with Gasteiger partial charge in [0.2, 0.25) is 10.0 Å². The van der Waals surface area contributed by atoms with E-state index in [1.165, 1.54) is 4.68 Å². The molecule has 3 rings (SSSR count). The first-order valence-electron chi connectivity index (χ1n) is 7.48. The maximum Gasteiger partial charge on any atom is 0.230 e. The summed E-state index contributed by atoms with van der Waals surface area (Å²) < 4.78 is 50.6. The van der Waals surface area contributed by atoms with Crippen LogP contribution in [0.2, 0.25) is 0 Å². The lowest BCUT2D eigenvalue weighted by atomic mass is 10.1. The molecule has 1 saturated heterocycles. The smallest absolute Gasteiger partial charge is 0.230 e. The van der Waals surface area contributed by atoms with Gasteiger partial charge in [0.15, 0.2) is 9.84 Å². The van der Waals surface area contributed by atoms with Crippen molar-refractivity contribution < 1.29 is 16.8 Å². The fraction of sp³-hybridized carbons (Fsp3) is 0.400. The molecule has 1 aromatic heterocycles. The topological polar surface area (TPSA) is 98.1 Å². The largest absolute Gasteiger partial charge is 0.268 e. The van der Waals surface area contributed by atoms with Crippen LogP contribution in [0.4, 0.5) is 5.82 Å². The maximum absolute atomic E-state index is 11.7. The lowest BCUT2D eigenvalue weighted by Gasteiger charge is -2.13. The number of aromatic nitrogens is 2. The normalized spacial score (nSPS) is 20.2. The Morgan fingerprint density at radius 3 is 2.46 bits per heavy atom. The Bertz CT molecular complexity index is 961. The maximum atomic E-state index is 11.7. The molecule has 130 valence electrons. The van der Waals surface area contributed by atoms with Crippen molar-refractivity contribution in [1.82, 2.24) is 9.78 Å². The number of anilines is 1. The van der Waals surface area contributed by atoms with Crippen LogP contribution in [-0.4, -0.2) is 44.4 Å². The van der Waals surface area contributed by atoms with Crippen molar-refractivity contribution in [2.75, 3.05) is 22.5 Å². The van der Waals surface area contributed by atoms with Gasteiger partial charge in [0, 0.05) is 11.6 Å². The second-order valence-electron chi connectivity index (χ2n) is 6.16. The number of rotatable bonds is 4. The molecule has 24 heavy (non-hydrogen) atoms. The summed E-state index contributed by atoms with van der Waals surface area (Å²) in [6.07, 6.45) is 1.48. The molecule has 0 bridgehead atoms. The summed E-state index contributed by atoms with van der Waals surface area (Å²) in [6.45, 7) is 1.97. The van der Waals surface area contributed by atoms with Gasteiger partial charge in [-0.1, -0.05) is 29.8 Å². The van der Waals surface area contributed by atoms with Gasteiger partial charge in [-0.15, -0.1) is 0 Å². The number of nitrogens with one attached hydrogen (secondary N) is 1. The van der Waals surface area contributed by atoms with E-state index in [-0.39, 0.29) is 23.4 Å². The predicted octanol–water partition coefficient (Wildman–Crippen LogP) is 1.59. The highest BCUT2D eigenvalue weighted by Gasteiger charge is 2.31. The average molecular weight is 369 g/mol. The fourth-order valence-corrected chi connectivity index (χ4v) is 5.00.